The van der Waals surface area contributed by atoms with Gasteiger partial charge in [-0.1, -0.05) is 0 Å². The van der Waals surface area contributed by atoms with E-state index in [0.717, 1.165) is 76.8 Å². The topological polar surface area (TPSA) is 63.2 Å². The molecule has 2 fully saturated rings. The second-order valence-electron chi connectivity index (χ2n) is 8.09. The average Bonchev–Trinajstić information content (AvgIpc) is 2.78. The zero-order chi connectivity index (χ0) is 21.3. The molecule has 1 amide bonds. The van der Waals surface area contributed by atoms with Gasteiger partial charge in [0.25, 0.3) is 0 Å². The van der Waals surface area contributed by atoms with E-state index in [1.54, 1.807) is 7.05 Å². The van der Waals surface area contributed by atoms with Crippen LogP contribution in [0, 0.1) is 11.7 Å². The summed E-state index contributed by atoms with van der Waals surface area (Å²) in [6, 6.07) is 6.76. The van der Waals surface area contributed by atoms with Crippen molar-refractivity contribution in [1.82, 2.24) is 20.4 Å². The third-order valence-corrected chi connectivity index (χ3v) is 6.15. The minimum absolute atomic E-state index is 0. The van der Waals surface area contributed by atoms with Gasteiger partial charge in [0.1, 0.15) is 5.82 Å². The number of aliphatic imine (C=N–C) groups is 1. The number of carbonyl (C=O) groups is 1. The number of amides is 1. The van der Waals surface area contributed by atoms with Crippen molar-refractivity contribution in [3.8, 4) is 0 Å². The van der Waals surface area contributed by atoms with Gasteiger partial charge in [-0.2, -0.15) is 0 Å². The summed E-state index contributed by atoms with van der Waals surface area (Å²) in [5, 5.41) is 6.22. The highest BCUT2D eigenvalue weighted by atomic mass is 127. The van der Waals surface area contributed by atoms with E-state index in [4.69, 9.17) is 0 Å². The molecular weight excluding hydrogens is 510 g/mol. The van der Waals surface area contributed by atoms with Crippen LogP contribution in [0.4, 0.5) is 10.1 Å². The molecule has 0 aromatic heterocycles. The SMILES string of the molecule is CN=C(NCCN1CCN(c2ccc(F)cc2)CC1)N1CCC(CC(=O)NC)CC1.I. The molecule has 7 nitrogen and oxygen atoms in total. The van der Waals surface area contributed by atoms with Crippen molar-refractivity contribution in [2.75, 3.05) is 71.4 Å². The Hall–Kier alpha value is -1.62. The smallest absolute Gasteiger partial charge is 0.220 e. The zero-order valence-corrected chi connectivity index (χ0v) is 21.0. The van der Waals surface area contributed by atoms with Crippen LogP contribution in [0.1, 0.15) is 19.3 Å². The number of nitrogens with one attached hydrogen (secondary N) is 2. The Bertz CT molecular complexity index is 700. The Kier molecular flexibility index (Phi) is 10.8. The molecule has 2 saturated heterocycles. The Labute approximate surface area is 202 Å². The lowest BCUT2D eigenvalue weighted by atomic mass is 9.93. The molecule has 31 heavy (non-hydrogen) atoms. The van der Waals surface area contributed by atoms with Crippen LogP contribution in [-0.2, 0) is 4.79 Å². The summed E-state index contributed by atoms with van der Waals surface area (Å²) in [5.74, 6) is 1.37. The van der Waals surface area contributed by atoms with E-state index in [0.29, 0.717) is 12.3 Å². The van der Waals surface area contributed by atoms with Crippen LogP contribution in [0.25, 0.3) is 0 Å². The van der Waals surface area contributed by atoms with E-state index in [2.05, 4.69) is 30.3 Å². The van der Waals surface area contributed by atoms with Gasteiger partial charge in [-0.05, 0) is 43.0 Å². The minimum Gasteiger partial charge on any atom is -0.369 e. The lowest BCUT2D eigenvalue weighted by Gasteiger charge is -2.37. The zero-order valence-electron chi connectivity index (χ0n) is 18.6. The maximum atomic E-state index is 13.1. The van der Waals surface area contributed by atoms with Crippen LogP contribution in [0.2, 0.25) is 0 Å². The van der Waals surface area contributed by atoms with E-state index in [1.807, 2.05) is 19.2 Å². The number of piperazine rings is 1. The molecular formula is C22H36FIN6O. The van der Waals surface area contributed by atoms with Crippen molar-refractivity contribution in [2.24, 2.45) is 10.9 Å². The van der Waals surface area contributed by atoms with Crippen LogP contribution >= 0.6 is 24.0 Å². The Morgan fingerprint density at radius 3 is 2.32 bits per heavy atom. The monoisotopic (exact) mass is 546 g/mol. The molecule has 2 aliphatic rings. The van der Waals surface area contributed by atoms with Crippen LogP contribution in [0.5, 0.6) is 0 Å². The van der Waals surface area contributed by atoms with Crippen molar-refractivity contribution in [3.63, 3.8) is 0 Å². The molecule has 0 spiro atoms. The molecule has 0 unspecified atom stereocenters. The van der Waals surface area contributed by atoms with E-state index >= 15 is 0 Å². The maximum absolute atomic E-state index is 13.1. The molecule has 9 heteroatoms. The summed E-state index contributed by atoms with van der Waals surface area (Å²) in [7, 11) is 3.53. The van der Waals surface area contributed by atoms with Gasteiger partial charge in [-0.25, -0.2) is 4.39 Å². The number of nitrogens with zero attached hydrogens (tertiary/aromatic N) is 4. The Morgan fingerprint density at radius 2 is 1.74 bits per heavy atom. The summed E-state index contributed by atoms with van der Waals surface area (Å²) in [5.41, 5.74) is 1.09. The summed E-state index contributed by atoms with van der Waals surface area (Å²) < 4.78 is 13.1. The highest BCUT2D eigenvalue weighted by Crippen LogP contribution is 2.20. The molecule has 1 aromatic carbocycles. The molecule has 174 valence electrons. The van der Waals surface area contributed by atoms with Gasteiger partial charge in [-0.15, -0.1) is 24.0 Å². The predicted molar refractivity (Wildman–Crippen MR) is 135 cm³/mol. The molecule has 0 aliphatic carbocycles. The molecule has 0 radical (unpaired) electrons. The number of guanidine groups is 1. The second-order valence-corrected chi connectivity index (χ2v) is 8.09. The largest absolute Gasteiger partial charge is 0.369 e. The van der Waals surface area contributed by atoms with Crippen molar-refractivity contribution in [2.45, 2.75) is 19.3 Å². The molecule has 0 atom stereocenters. The molecule has 1 aromatic rings. The van der Waals surface area contributed by atoms with Gasteiger partial charge >= 0.3 is 0 Å². The Balaban J connectivity index is 0.00000341. The normalized spacial score (nSPS) is 18.5. The molecule has 2 aliphatic heterocycles. The number of hydrogen-bond acceptors (Lipinski definition) is 4. The highest BCUT2D eigenvalue weighted by molar-refractivity contribution is 14.0. The van der Waals surface area contributed by atoms with Gasteiger partial charge < -0.3 is 20.4 Å². The first-order valence-electron chi connectivity index (χ1n) is 11.0. The first-order valence-corrected chi connectivity index (χ1v) is 11.0. The number of piperidine rings is 1. The fraction of sp³-hybridized carbons (Fsp3) is 0.636. The molecule has 3 rings (SSSR count). The lowest BCUT2D eigenvalue weighted by molar-refractivity contribution is -0.121. The number of benzene rings is 1. The molecule has 2 heterocycles. The minimum atomic E-state index is -0.187. The van der Waals surface area contributed by atoms with E-state index in [-0.39, 0.29) is 35.7 Å². The van der Waals surface area contributed by atoms with E-state index in [9.17, 15) is 9.18 Å². The van der Waals surface area contributed by atoms with E-state index < -0.39 is 0 Å². The first-order chi connectivity index (χ1) is 14.6. The van der Waals surface area contributed by atoms with Crippen LogP contribution in [0.15, 0.2) is 29.3 Å². The van der Waals surface area contributed by atoms with Crippen molar-refractivity contribution in [1.29, 1.82) is 0 Å². The number of anilines is 1. The van der Waals surface area contributed by atoms with Crippen LogP contribution < -0.4 is 15.5 Å². The predicted octanol–water partition coefficient (Wildman–Crippen LogP) is 1.99. The number of hydrogen-bond donors (Lipinski definition) is 2. The maximum Gasteiger partial charge on any atom is 0.220 e. The summed E-state index contributed by atoms with van der Waals surface area (Å²) in [4.78, 5) is 23.1. The van der Waals surface area contributed by atoms with Gasteiger partial charge in [0, 0.05) is 78.6 Å². The molecule has 0 bridgehead atoms. The molecule has 0 saturated carbocycles. The Morgan fingerprint density at radius 1 is 1.10 bits per heavy atom. The lowest BCUT2D eigenvalue weighted by Crippen LogP contribution is -2.50. The first kappa shape index (κ1) is 25.6. The van der Waals surface area contributed by atoms with Gasteiger partial charge in [0.05, 0.1) is 0 Å². The second kappa shape index (κ2) is 13.0. The van der Waals surface area contributed by atoms with Crippen LogP contribution in [0.3, 0.4) is 0 Å². The quantitative estimate of drug-likeness (QED) is 0.325. The van der Waals surface area contributed by atoms with Gasteiger partial charge in [0.2, 0.25) is 5.91 Å². The summed E-state index contributed by atoms with van der Waals surface area (Å²) in [6.07, 6.45) is 2.68. The van der Waals surface area contributed by atoms with Crippen molar-refractivity contribution >= 4 is 41.5 Å². The fourth-order valence-corrected chi connectivity index (χ4v) is 4.25. The van der Waals surface area contributed by atoms with Crippen LogP contribution in [-0.4, -0.2) is 88.1 Å². The van der Waals surface area contributed by atoms with Crippen molar-refractivity contribution < 1.29 is 9.18 Å². The summed E-state index contributed by atoms with van der Waals surface area (Å²) >= 11 is 0. The number of likely N-dealkylation sites (tertiary alicyclic amines) is 1. The number of rotatable bonds is 6. The van der Waals surface area contributed by atoms with E-state index in [1.165, 1.54) is 12.1 Å². The summed E-state index contributed by atoms with van der Waals surface area (Å²) in [6.45, 7) is 7.64. The molecule has 2 N–H and O–H groups in total. The fourth-order valence-electron chi connectivity index (χ4n) is 4.25. The van der Waals surface area contributed by atoms with Gasteiger partial charge in [0.15, 0.2) is 5.96 Å². The average molecular weight is 546 g/mol. The highest BCUT2D eigenvalue weighted by Gasteiger charge is 2.23. The number of halogens is 2. The number of carbonyl (C=O) groups excluding carboxylic acids is 1. The van der Waals surface area contributed by atoms with Crippen molar-refractivity contribution in [3.05, 3.63) is 30.1 Å². The standard InChI is InChI=1S/C22H35FN6O.HI/c1-24-21(30)17-18-7-10-29(11-8-18)22(25-2)26-9-12-27-13-15-28(16-14-27)20-5-3-19(23)4-6-20;/h3-6,18H,7-17H2,1-2H3,(H,24,30)(H,25,26);1H. The third kappa shape index (κ3) is 7.78. The third-order valence-electron chi connectivity index (χ3n) is 6.15. The van der Waals surface area contributed by atoms with Gasteiger partial charge in [-0.3, -0.25) is 14.7 Å².